The van der Waals surface area contributed by atoms with E-state index in [0.29, 0.717) is 4.04 Å². The molecule has 0 bridgehead atoms. The number of hydrogen-bond donors (Lipinski definition) is 0. The molecule has 0 aliphatic carbocycles. The van der Waals surface area contributed by atoms with Gasteiger partial charge in [-0.3, -0.25) is 0 Å². The zero-order valence-electron chi connectivity index (χ0n) is 3.89. The molecular formula is C4H7ClS2. The van der Waals surface area contributed by atoms with E-state index < -0.39 is 0 Å². The molecule has 7 heavy (non-hydrogen) atoms. The molecule has 1 aliphatic heterocycles. The van der Waals surface area contributed by atoms with Gasteiger partial charge in [-0.05, 0) is 17.9 Å². The van der Waals surface area contributed by atoms with Crippen molar-refractivity contribution in [3.63, 3.8) is 0 Å². The average Bonchev–Trinajstić information content (AvgIpc) is 1.69. The summed E-state index contributed by atoms with van der Waals surface area (Å²) >= 11 is 9.44. The Morgan fingerprint density at radius 2 is 1.86 bits per heavy atom. The van der Waals surface area contributed by atoms with Crippen molar-refractivity contribution in [2.24, 2.45) is 0 Å². The standard InChI is InChI=1S/C4H7ClS2/c5-4-6-2-1-3-7-4/h4H,1-3H2. The van der Waals surface area contributed by atoms with Gasteiger partial charge in [-0.15, -0.1) is 23.5 Å². The van der Waals surface area contributed by atoms with Gasteiger partial charge in [0.25, 0.3) is 0 Å². The molecule has 0 atom stereocenters. The van der Waals surface area contributed by atoms with Gasteiger partial charge in [0.05, 0.1) is 0 Å². The monoisotopic (exact) mass is 154 g/mol. The second-order valence-electron chi connectivity index (χ2n) is 1.37. The Labute approximate surface area is 57.4 Å². The zero-order valence-corrected chi connectivity index (χ0v) is 6.28. The molecule has 1 aliphatic rings. The van der Waals surface area contributed by atoms with E-state index >= 15 is 0 Å². The van der Waals surface area contributed by atoms with E-state index in [4.69, 9.17) is 11.6 Å². The molecule has 0 radical (unpaired) electrons. The van der Waals surface area contributed by atoms with E-state index in [1.165, 1.54) is 17.9 Å². The van der Waals surface area contributed by atoms with Crippen molar-refractivity contribution < 1.29 is 0 Å². The van der Waals surface area contributed by atoms with E-state index in [1.807, 2.05) is 23.5 Å². The molecule has 0 aromatic carbocycles. The van der Waals surface area contributed by atoms with Crippen LogP contribution in [0.4, 0.5) is 0 Å². The van der Waals surface area contributed by atoms with Crippen molar-refractivity contribution >= 4 is 35.1 Å². The lowest BCUT2D eigenvalue weighted by Crippen LogP contribution is -1.98. The maximum Gasteiger partial charge on any atom is 0.124 e. The second-order valence-corrected chi connectivity index (χ2v) is 5.05. The van der Waals surface area contributed by atoms with Gasteiger partial charge < -0.3 is 0 Å². The lowest BCUT2D eigenvalue weighted by Gasteiger charge is -2.13. The van der Waals surface area contributed by atoms with Crippen LogP contribution in [0.2, 0.25) is 0 Å². The third kappa shape index (κ3) is 2.15. The molecular weight excluding hydrogens is 148 g/mol. The van der Waals surface area contributed by atoms with Crippen LogP contribution in [0.3, 0.4) is 0 Å². The minimum absolute atomic E-state index is 0.341. The van der Waals surface area contributed by atoms with Gasteiger partial charge in [0.2, 0.25) is 0 Å². The summed E-state index contributed by atoms with van der Waals surface area (Å²) < 4.78 is 0.341. The molecule has 0 N–H and O–H groups in total. The fourth-order valence-electron chi connectivity index (χ4n) is 0.459. The van der Waals surface area contributed by atoms with Crippen molar-refractivity contribution in [3.05, 3.63) is 0 Å². The number of alkyl halides is 1. The number of thioether (sulfide) groups is 2. The van der Waals surface area contributed by atoms with Crippen LogP contribution < -0.4 is 0 Å². The fourth-order valence-corrected chi connectivity index (χ4v) is 3.13. The molecule has 0 unspecified atom stereocenters. The molecule has 0 amide bonds. The summed E-state index contributed by atoms with van der Waals surface area (Å²) in [7, 11) is 0. The normalized spacial score (nSPS) is 25.3. The van der Waals surface area contributed by atoms with Crippen LogP contribution in [0.15, 0.2) is 0 Å². The molecule has 0 saturated carbocycles. The topological polar surface area (TPSA) is 0 Å². The summed E-state index contributed by atoms with van der Waals surface area (Å²) in [5, 5.41) is 0. The predicted molar refractivity (Wildman–Crippen MR) is 39.2 cm³/mol. The van der Waals surface area contributed by atoms with E-state index in [0.717, 1.165) is 0 Å². The Hall–Kier alpha value is 0.990. The first kappa shape index (κ1) is 6.12. The van der Waals surface area contributed by atoms with E-state index in [2.05, 4.69) is 0 Å². The molecule has 3 heteroatoms. The van der Waals surface area contributed by atoms with Gasteiger partial charge in [-0.1, -0.05) is 11.6 Å². The minimum Gasteiger partial charge on any atom is -0.132 e. The van der Waals surface area contributed by atoms with Crippen LogP contribution >= 0.6 is 35.1 Å². The fraction of sp³-hybridized carbons (Fsp3) is 1.00. The first-order valence-electron chi connectivity index (χ1n) is 2.27. The zero-order chi connectivity index (χ0) is 5.11. The Morgan fingerprint density at radius 3 is 2.14 bits per heavy atom. The maximum absolute atomic E-state index is 5.74. The van der Waals surface area contributed by atoms with Gasteiger partial charge in [-0.25, -0.2) is 0 Å². The van der Waals surface area contributed by atoms with Crippen LogP contribution in [-0.4, -0.2) is 15.5 Å². The molecule has 42 valence electrons. The van der Waals surface area contributed by atoms with Crippen LogP contribution in [0.5, 0.6) is 0 Å². The minimum atomic E-state index is 0.341. The largest absolute Gasteiger partial charge is 0.132 e. The molecule has 0 spiro atoms. The summed E-state index contributed by atoms with van der Waals surface area (Å²) in [6, 6.07) is 0. The van der Waals surface area contributed by atoms with E-state index in [-0.39, 0.29) is 0 Å². The van der Waals surface area contributed by atoms with Gasteiger partial charge in [0.1, 0.15) is 4.04 Å². The Bertz CT molecular complexity index is 51.7. The number of halogens is 1. The van der Waals surface area contributed by atoms with Crippen molar-refractivity contribution in [1.82, 2.24) is 0 Å². The Balaban J connectivity index is 2.12. The highest BCUT2D eigenvalue weighted by atomic mass is 35.5. The summed E-state index contributed by atoms with van der Waals surface area (Å²) in [5.41, 5.74) is 0. The Kier molecular flexibility index (Phi) is 2.71. The summed E-state index contributed by atoms with van der Waals surface area (Å²) in [6.45, 7) is 0. The smallest absolute Gasteiger partial charge is 0.124 e. The first-order chi connectivity index (χ1) is 3.39. The van der Waals surface area contributed by atoms with Crippen LogP contribution in [-0.2, 0) is 0 Å². The van der Waals surface area contributed by atoms with Crippen molar-refractivity contribution in [3.8, 4) is 0 Å². The van der Waals surface area contributed by atoms with Crippen LogP contribution in [0.25, 0.3) is 0 Å². The summed E-state index contributed by atoms with van der Waals surface area (Å²) in [5.74, 6) is 2.50. The molecule has 0 aromatic heterocycles. The van der Waals surface area contributed by atoms with Gasteiger partial charge in [0.15, 0.2) is 0 Å². The lowest BCUT2D eigenvalue weighted by molar-refractivity contribution is 1.12. The average molecular weight is 155 g/mol. The van der Waals surface area contributed by atoms with Crippen LogP contribution in [0, 0.1) is 0 Å². The van der Waals surface area contributed by atoms with Crippen molar-refractivity contribution in [2.75, 3.05) is 11.5 Å². The van der Waals surface area contributed by atoms with Crippen LogP contribution in [0.1, 0.15) is 6.42 Å². The highest BCUT2D eigenvalue weighted by molar-refractivity contribution is 8.19. The molecule has 0 aromatic rings. The summed E-state index contributed by atoms with van der Waals surface area (Å²) in [6.07, 6.45) is 1.33. The van der Waals surface area contributed by atoms with Gasteiger partial charge in [0, 0.05) is 0 Å². The third-order valence-electron chi connectivity index (χ3n) is 0.786. The molecule has 1 fully saturated rings. The SMILES string of the molecule is ClC1SCCCS1. The number of rotatable bonds is 0. The predicted octanol–water partition coefficient (Wildman–Crippen LogP) is 2.38. The Morgan fingerprint density at radius 1 is 1.29 bits per heavy atom. The van der Waals surface area contributed by atoms with E-state index in [9.17, 15) is 0 Å². The molecule has 1 heterocycles. The van der Waals surface area contributed by atoms with E-state index in [1.54, 1.807) is 0 Å². The first-order valence-corrected chi connectivity index (χ1v) is 4.80. The number of hydrogen-bond acceptors (Lipinski definition) is 2. The highest BCUT2D eigenvalue weighted by Gasteiger charge is 2.08. The highest BCUT2D eigenvalue weighted by Crippen LogP contribution is 2.32. The maximum atomic E-state index is 5.74. The summed E-state index contributed by atoms with van der Waals surface area (Å²) in [4.78, 5) is 0. The second kappa shape index (κ2) is 3.10. The van der Waals surface area contributed by atoms with Crippen molar-refractivity contribution in [2.45, 2.75) is 10.5 Å². The third-order valence-corrected chi connectivity index (χ3v) is 3.93. The quantitative estimate of drug-likeness (QED) is 0.492. The van der Waals surface area contributed by atoms with Gasteiger partial charge >= 0.3 is 0 Å². The molecule has 1 rings (SSSR count). The van der Waals surface area contributed by atoms with Gasteiger partial charge in [-0.2, -0.15) is 0 Å². The lowest BCUT2D eigenvalue weighted by atomic mass is 10.6. The van der Waals surface area contributed by atoms with Crippen molar-refractivity contribution in [1.29, 1.82) is 0 Å². The molecule has 0 nitrogen and oxygen atoms in total. The molecule has 1 saturated heterocycles.